The van der Waals surface area contributed by atoms with Gasteiger partial charge in [-0.1, -0.05) is 6.92 Å². The molecule has 0 radical (unpaired) electrons. The number of methoxy groups -OCH3 is 1. The third kappa shape index (κ3) is 4.47. The minimum atomic E-state index is 0. The number of halogens is 1. The van der Waals surface area contributed by atoms with Crippen LogP contribution in [0.5, 0.6) is 5.75 Å². The molecule has 0 unspecified atom stereocenters. The Hall–Kier alpha value is -1.05. The molecule has 0 bridgehead atoms. The monoisotopic (exact) mass is 418 g/mol. The Kier molecular flexibility index (Phi) is 7.38. The predicted molar refractivity (Wildman–Crippen MR) is 101 cm³/mol. The molecule has 1 aliphatic heterocycles. The number of nitrogens with zero attached hydrogens (tertiary/aromatic N) is 3. The molecule has 6 heteroatoms. The first-order valence-electron chi connectivity index (χ1n) is 7.56. The van der Waals surface area contributed by atoms with E-state index in [2.05, 4.69) is 21.8 Å². The number of likely N-dealkylation sites (tertiary alicyclic amines) is 1. The predicted octanol–water partition coefficient (Wildman–Crippen LogP) is 2.87. The maximum absolute atomic E-state index is 6.11. The summed E-state index contributed by atoms with van der Waals surface area (Å²) in [6, 6.07) is 0. The van der Waals surface area contributed by atoms with Gasteiger partial charge in [-0.2, -0.15) is 0 Å². The fraction of sp³-hybridized carbons (Fsp3) is 0.625. The Labute approximate surface area is 150 Å². The molecule has 2 N–H and O–H groups in total. The van der Waals surface area contributed by atoms with E-state index in [0.717, 1.165) is 41.6 Å². The van der Waals surface area contributed by atoms with Gasteiger partial charge in [-0.15, -0.1) is 24.0 Å². The summed E-state index contributed by atoms with van der Waals surface area (Å²) >= 11 is 0. The molecule has 0 atom stereocenters. The van der Waals surface area contributed by atoms with E-state index in [9.17, 15) is 0 Å². The summed E-state index contributed by atoms with van der Waals surface area (Å²) < 4.78 is 5.42. The minimum Gasteiger partial charge on any atom is -0.496 e. The molecule has 0 saturated carbocycles. The molecule has 0 aliphatic carbocycles. The van der Waals surface area contributed by atoms with E-state index in [1.807, 2.05) is 20.0 Å². The first kappa shape index (κ1) is 19.0. The molecule has 1 fully saturated rings. The summed E-state index contributed by atoms with van der Waals surface area (Å²) in [7, 11) is 1.69. The van der Waals surface area contributed by atoms with E-state index in [-0.39, 0.29) is 24.0 Å². The topological polar surface area (TPSA) is 63.7 Å². The molecule has 5 nitrogen and oxygen atoms in total. The van der Waals surface area contributed by atoms with E-state index < -0.39 is 0 Å². The van der Waals surface area contributed by atoms with Crippen LogP contribution in [0.4, 0.5) is 0 Å². The summed E-state index contributed by atoms with van der Waals surface area (Å²) in [6.45, 7) is 8.80. The van der Waals surface area contributed by atoms with Crippen molar-refractivity contribution in [2.24, 2.45) is 16.6 Å². The molecule has 22 heavy (non-hydrogen) atoms. The lowest BCUT2D eigenvalue weighted by molar-refractivity contribution is 0.277. The number of aliphatic imine (C=N–C) groups is 1. The highest BCUT2D eigenvalue weighted by atomic mass is 127. The summed E-state index contributed by atoms with van der Waals surface area (Å²) in [4.78, 5) is 11.1. The van der Waals surface area contributed by atoms with Crippen molar-refractivity contribution in [1.29, 1.82) is 0 Å². The number of rotatable bonds is 3. The zero-order valence-electron chi connectivity index (χ0n) is 13.9. The Bertz CT molecular complexity index is 525. The van der Waals surface area contributed by atoms with Crippen LogP contribution in [0.15, 0.2) is 11.2 Å². The van der Waals surface area contributed by atoms with E-state index in [0.29, 0.717) is 12.5 Å². The van der Waals surface area contributed by atoms with Crippen molar-refractivity contribution in [1.82, 2.24) is 9.88 Å². The first-order chi connectivity index (χ1) is 10.0. The van der Waals surface area contributed by atoms with Crippen molar-refractivity contribution in [2.75, 3.05) is 20.2 Å². The van der Waals surface area contributed by atoms with Crippen LogP contribution in [0.25, 0.3) is 0 Å². The molecule has 0 amide bonds. The molecule has 0 aromatic carbocycles. The van der Waals surface area contributed by atoms with Crippen LogP contribution in [-0.4, -0.2) is 36.0 Å². The molecule has 1 saturated heterocycles. The van der Waals surface area contributed by atoms with Gasteiger partial charge >= 0.3 is 0 Å². The lowest BCUT2D eigenvalue weighted by atomic mass is 10.00. The first-order valence-corrected chi connectivity index (χ1v) is 7.56. The van der Waals surface area contributed by atoms with Crippen molar-refractivity contribution in [3.05, 3.63) is 23.0 Å². The number of hydrogen-bond acceptors (Lipinski definition) is 3. The molecule has 124 valence electrons. The van der Waals surface area contributed by atoms with E-state index in [1.165, 1.54) is 12.8 Å². The number of hydrogen-bond donors (Lipinski definition) is 1. The summed E-state index contributed by atoms with van der Waals surface area (Å²) in [6.07, 6.45) is 4.20. The highest BCUT2D eigenvalue weighted by Crippen LogP contribution is 2.24. The average molecular weight is 418 g/mol. The molecule has 2 rings (SSSR count). The van der Waals surface area contributed by atoms with Gasteiger partial charge in [0.2, 0.25) is 0 Å². The van der Waals surface area contributed by atoms with Gasteiger partial charge in [-0.05, 0) is 32.6 Å². The van der Waals surface area contributed by atoms with Crippen LogP contribution in [-0.2, 0) is 6.54 Å². The highest BCUT2D eigenvalue weighted by Gasteiger charge is 2.17. The molecular formula is C16H27IN4O. The number of guanidine groups is 1. The third-order valence-electron chi connectivity index (χ3n) is 4.25. The SMILES string of the molecule is COc1c(C)cnc(CN=C(N)N2CCC(C)CC2)c1C.I. The number of piperidine rings is 1. The highest BCUT2D eigenvalue weighted by molar-refractivity contribution is 14.0. The van der Waals surface area contributed by atoms with Gasteiger partial charge in [0.25, 0.3) is 0 Å². The molecule has 0 spiro atoms. The third-order valence-corrected chi connectivity index (χ3v) is 4.25. The number of nitrogens with two attached hydrogens (primary N) is 1. The maximum Gasteiger partial charge on any atom is 0.191 e. The van der Waals surface area contributed by atoms with Gasteiger partial charge in [-0.3, -0.25) is 4.98 Å². The van der Waals surface area contributed by atoms with Crippen molar-refractivity contribution in [3.8, 4) is 5.75 Å². The largest absolute Gasteiger partial charge is 0.496 e. The Morgan fingerprint density at radius 1 is 1.41 bits per heavy atom. The van der Waals surface area contributed by atoms with Crippen LogP contribution in [0.2, 0.25) is 0 Å². The average Bonchev–Trinajstić information content (AvgIpc) is 2.47. The number of aryl methyl sites for hydroxylation is 1. The van der Waals surface area contributed by atoms with Gasteiger partial charge in [0.05, 0.1) is 19.3 Å². The second-order valence-electron chi connectivity index (χ2n) is 5.89. The van der Waals surface area contributed by atoms with Crippen LogP contribution >= 0.6 is 24.0 Å². The van der Waals surface area contributed by atoms with E-state index in [1.54, 1.807) is 7.11 Å². The Morgan fingerprint density at radius 3 is 2.64 bits per heavy atom. The van der Waals surface area contributed by atoms with Crippen molar-refractivity contribution < 1.29 is 4.74 Å². The molecule has 1 aromatic heterocycles. The molecule has 1 aliphatic rings. The van der Waals surface area contributed by atoms with Crippen molar-refractivity contribution >= 4 is 29.9 Å². The summed E-state index contributed by atoms with van der Waals surface area (Å²) in [5.41, 5.74) is 9.12. The summed E-state index contributed by atoms with van der Waals surface area (Å²) in [5.74, 6) is 2.31. The fourth-order valence-corrected chi connectivity index (χ4v) is 2.72. The second-order valence-corrected chi connectivity index (χ2v) is 5.89. The molecular weight excluding hydrogens is 391 g/mol. The van der Waals surface area contributed by atoms with Crippen LogP contribution in [0.1, 0.15) is 36.6 Å². The second kappa shape index (κ2) is 8.55. The zero-order valence-corrected chi connectivity index (χ0v) is 16.3. The van der Waals surface area contributed by atoms with Crippen molar-refractivity contribution in [2.45, 2.75) is 40.2 Å². The van der Waals surface area contributed by atoms with Crippen LogP contribution < -0.4 is 10.5 Å². The van der Waals surface area contributed by atoms with E-state index in [4.69, 9.17) is 10.5 Å². The normalized spacial score (nSPS) is 16.4. The maximum atomic E-state index is 6.11. The van der Waals surface area contributed by atoms with Gasteiger partial charge in [0.1, 0.15) is 5.75 Å². The van der Waals surface area contributed by atoms with Gasteiger partial charge < -0.3 is 15.4 Å². The quantitative estimate of drug-likeness (QED) is 0.466. The molecule has 1 aromatic rings. The van der Waals surface area contributed by atoms with Crippen LogP contribution in [0, 0.1) is 19.8 Å². The number of ether oxygens (including phenoxy) is 1. The van der Waals surface area contributed by atoms with Crippen LogP contribution in [0.3, 0.4) is 0 Å². The Balaban J connectivity index is 0.00000242. The number of aromatic nitrogens is 1. The molecule has 2 heterocycles. The number of pyridine rings is 1. The van der Waals surface area contributed by atoms with E-state index >= 15 is 0 Å². The zero-order chi connectivity index (χ0) is 15.4. The fourth-order valence-electron chi connectivity index (χ4n) is 2.72. The standard InChI is InChI=1S/C16H26N4O.HI/c1-11-5-7-20(8-6-11)16(17)19-10-14-13(3)15(21-4)12(2)9-18-14;/h9,11H,5-8,10H2,1-4H3,(H2,17,19);1H. The van der Waals surface area contributed by atoms with Gasteiger partial charge in [0.15, 0.2) is 5.96 Å². The summed E-state index contributed by atoms with van der Waals surface area (Å²) in [5, 5.41) is 0. The minimum absolute atomic E-state index is 0. The van der Waals surface area contributed by atoms with Gasteiger partial charge in [-0.25, -0.2) is 4.99 Å². The Morgan fingerprint density at radius 2 is 2.05 bits per heavy atom. The smallest absolute Gasteiger partial charge is 0.191 e. The van der Waals surface area contributed by atoms with Crippen molar-refractivity contribution in [3.63, 3.8) is 0 Å². The van der Waals surface area contributed by atoms with Gasteiger partial charge in [0, 0.05) is 30.4 Å². The lowest BCUT2D eigenvalue weighted by Gasteiger charge is -2.31. The lowest BCUT2D eigenvalue weighted by Crippen LogP contribution is -2.42.